The van der Waals surface area contributed by atoms with E-state index in [1.165, 1.54) is 19.3 Å². The maximum absolute atomic E-state index is 4.74. The van der Waals surface area contributed by atoms with Gasteiger partial charge in [0, 0.05) is 19.6 Å². The third-order valence-electron chi connectivity index (χ3n) is 4.19. The number of nitrogens with one attached hydrogen (secondary N) is 1. The number of hydrogen-bond donors (Lipinski definition) is 1. The zero-order chi connectivity index (χ0) is 13.4. The van der Waals surface area contributed by atoms with Gasteiger partial charge in [0.15, 0.2) is 0 Å². The fourth-order valence-corrected chi connectivity index (χ4v) is 2.71. The minimum absolute atomic E-state index is 0. The molecule has 0 saturated carbocycles. The van der Waals surface area contributed by atoms with E-state index in [0.717, 1.165) is 49.7 Å². The Labute approximate surface area is 125 Å². The maximum Gasteiger partial charge on any atom is 0.312 e. The molecular weight excluding hydrogens is 260 g/mol. The van der Waals surface area contributed by atoms with E-state index in [4.69, 9.17) is 4.99 Å². The maximum atomic E-state index is 4.74. The standard InChI is InChI=1S/C14H31N4.ClH/c1-5-15-14(18(6-2,7-3)8-4)16-17-12-10-9-11-13-17;/h5-13H2,1-4H3,(H,15,16);1H/q+1;/p-1. The van der Waals surface area contributed by atoms with Crippen molar-refractivity contribution in [1.82, 2.24) is 10.4 Å². The summed E-state index contributed by atoms with van der Waals surface area (Å²) in [5.41, 5.74) is 3.61. The van der Waals surface area contributed by atoms with Gasteiger partial charge in [-0.05, 0) is 40.5 Å². The van der Waals surface area contributed by atoms with Crippen molar-refractivity contribution in [3.05, 3.63) is 0 Å². The fraction of sp³-hybridized carbons (Fsp3) is 0.929. The second-order valence-corrected chi connectivity index (χ2v) is 5.05. The molecule has 0 aromatic carbocycles. The lowest BCUT2D eigenvalue weighted by molar-refractivity contribution is -0.839. The molecule has 0 aliphatic carbocycles. The highest BCUT2D eigenvalue weighted by atomic mass is 35.5. The highest BCUT2D eigenvalue weighted by molar-refractivity contribution is 5.72. The van der Waals surface area contributed by atoms with Crippen molar-refractivity contribution in [1.29, 1.82) is 0 Å². The van der Waals surface area contributed by atoms with Gasteiger partial charge in [-0.2, -0.15) is 0 Å². The van der Waals surface area contributed by atoms with Crippen molar-refractivity contribution in [2.75, 3.05) is 39.3 Å². The molecule has 1 aliphatic heterocycles. The first-order valence-corrected chi connectivity index (χ1v) is 7.65. The molecule has 0 bridgehead atoms. The van der Waals surface area contributed by atoms with E-state index in [9.17, 15) is 0 Å². The second-order valence-electron chi connectivity index (χ2n) is 5.05. The molecule has 0 aromatic heterocycles. The van der Waals surface area contributed by atoms with Gasteiger partial charge in [0.1, 0.15) is 0 Å². The van der Waals surface area contributed by atoms with E-state index in [-0.39, 0.29) is 12.4 Å². The molecule has 19 heavy (non-hydrogen) atoms. The summed E-state index contributed by atoms with van der Waals surface area (Å²) in [6.07, 6.45) is 3.97. The van der Waals surface area contributed by atoms with Crippen LogP contribution in [0.5, 0.6) is 0 Å². The van der Waals surface area contributed by atoms with Gasteiger partial charge in [0.25, 0.3) is 0 Å². The lowest BCUT2D eigenvalue weighted by Crippen LogP contribution is -3.00. The molecule has 5 heteroatoms. The summed E-state index contributed by atoms with van der Waals surface area (Å²) in [5, 5.41) is 2.35. The third-order valence-corrected chi connectivity index (χ3v) is 4.19. The number of quaternary nitrogens is 1. The van der Waals surface area contributed by atoms with E-state index >= 15 is 0 Å². The molecule has 114 valence electrons. The Hall–Kier alpha value is -0.320. The molecule has 0 radical (unpaired) electrons. The number of piperidine rings is 1. The number of hydrogen-bond acceptors (Lipinski definition) is 2. The number of nitrogens with zero attached hydrogens (tertiary/aromatic N) is 3. The van der Waals surface area contributed by atoms with Gasteiger partial charge in [-0.1, -0.05) is 6.42 Å². The normalized spacial score (nSPS) is 18.0. The van der Waals surface area contributed by atoms with Gasteiger partial charge in [0.05, 0.1) is 19.6 Å². The summed E-state index contributed by atoms with van der Waals surface area (Å²) in [7, 11) is 0. The van der Waals surface area contributed by atoms with Gasteiger partial charge in [-0.3, -0.25) is 9.91 Å². The van der Waals surface area contributed by atoms with Crippen LogP contribution in [0, 0.1) is 0 Å². The molecule has 0 atom stereocenters. The molecule has 1 N–H and O–H groups in total. The summed E-state index contributed by atoms with van der Waals surface area (Å²) in [6, 6.07) is 0. The van der Waals surface area contributed by atoms with Crippen LogP contribution in [0.15, 0.2) is 4.99 Å². The SMILES string of the molecule is CC/N=C(\NN1CCCCC1)[N+](CC)(CC)CC.[Cl-]. The van der Waals surface area contributed by atoms with E-state index in [0.29, 0.717) is 0 Å². The number of aliphatic imine (C=N–C) groups is 1. The molecule has 0 amide bonds. The fourth-order valence-electron chi connectivity index (χ4n) is 2.71. The molecule has 1 fully saturated rings. The molecule has 1 rings (SSSR count). The zero-order valence-electron chi connectivity index (χ0n) is 13.1. The molecule has 0 spiro atoms. The summed E-state index contributed by atoms with van der Waals surface area (Å²) in [4.78, 5) is 4.74. The monoisotopic (exact) mass is 290 g/mol. The summed E-state index contributed by atoms with van der Waals surface area (Å²) < 4.78 is 0.963. The molecule has 1 saturated heterocycles. The van der Waals surface area contributed by atoms with E-state index in [1.807, 2.05) is 0 Å². The molecule has 4 nitrogen and oxygen atoms in total. The van der Waals surface area contributed by atoms with Gasteiger partial charge in [0.2, 0.25) is 0 Å². The van der Waals surface area contributed by atoms with Gasteiger partial charge in [-0.25, -0.2) is 10.0 Å². The van der Waals surface area contributed by atoms with Gasteiger partial charge >= 0.3 is 5.96 Å². The van der Waals surface area contributed by atoms with Crippen molar-refractivity contribution < 1.29 is 16.9 Å². The van der Waals surface area contributed by atoms with E-state index in [2.05, 4.69) is 38.1 Å². The van der Waals surface area contributed by atoms with Crippen LogP contribution >= 0.6 is 0 Å². The van der Waals surface area contributed by atoms with Crippen LogP contribution in [0.2, 0.25) is 0 Å². The average Bonchev–Trinajstić information content (AvgIpc) is 2.43. The second kappa shape index (κ2) is 9.56. The van der Waals surface area contributed by atoms with Crippen LogP contribution in [0.4, 0.5) is 0 Å². The van der Waals surface area contributed by atoms with Gasteiger partial charge in [-0.15, -0.1) is 0 Å². The number of rotatable bonds is 5. The number of guanidine groups is 1. The van der Waals surface area contributed by atoms with Crippen LogP contribution < -0.4 is 17.8 Å². The Morgan fingerprint density at radius 1 is 1.00 bits per heavy atom. The third kappa shape index (κ3) is 4.93. The molecule has 0 unspecified atom stereocenters. The topological polar surface area (TPSA) is 27.6 Å². The van der Waals surface area contributed by atoms with Crippen LogP contribution in [0.25, 0.3) is 0 Å². The Kier molecular flexibility index (Phi) is 9.40. The molecule has 1 heterocycles. The molecule has 0 aromatic rings. The van der Waals surface area contributed by atoms with Crippen molar-refractivity contribution >= 4 is 5.96 Å². The smallest absolute Gasteiger partial charge is 0.312 e. The number of hydrazine groups is 1. The lowest BCUT2D eigenvalue weighted by Gasteiger charge is -2.38. The van der Waals surface area contributed by atoms with E-state index in [1.54, 1.807) is 0 Å². The largest absolute Gasteiger partial charge is 1.00 e. The van der Waals surface area contributed by atoms with Crippen molar-refractivity contribution in [2.24, 2.45) is 4.99 Å². The first-order valence-electron chi connectivity index (χ1n) is 7.65. The predicted molar refractivity (Wildman–Crippen MR) is 78.4 cm³/mol. The summed E-state index contributed by atoms with van der Waals surface area (Å²) >= 11 is 0. The van der Waals surface area contributed by atoms with E-state index < -0.39 is 0 Å². The van der Waals surface area contributed by atoms with Crippen molar-refractivity contribution in [3.8, 4) is 0 Å². The van der Waals surface area contributed by atoms with Crippen LogP contribution in [-0.2, 0) is 0 Å². The first-order chi connectivity index (χ1) is 8.72. The van der Waals surface area contributed by atoms with Gasteiger partial charge < -0.3 is 12.4 Å². The minimum Gasteiger partial charge on any atom is -1.00 e. The highest BCUT2D eigenvalue weighted by Crippen LogP contribution is 2.11. The minimum atomic E-state index is 0. The Bertz CT molecular complexity index is 250. The average molecular weight is 291 g/mol. The number of halogens is 1. The van der Waals surface area contributed by atoms with Crippen LogP contribution in [0.1, 0.15) is 47.0 Å². The highest BCUT2D eigenvalue weighted by Gasteiger charge is 2.30. The predicted octanol–water partition coefficient (Wildman–Crippen LogP) is -0.767. The van der Waals surface area contributed by atoms with Crippen molar-refractivity contribution in [3.63, 3.8) is 0 Å². The summed E-state index contributed by atoms with van der Waals surface area (Å²) in [6.45, 7) is 15.4. The quantitative estimate of drug-likeness (QED) is 0.409. The molecular formula is C14H31ClN4. The zero-order valence-corrected chi connectivity index (χ0v) is 13.8. The van der Waals surface area contributed by atoms with Crippen LogP contribution in [0.3, 0.4) is 0 Å². The Balaban J connectivity index is 0.00000324. The first kappa shape index (κ1) is 18.7. The lowest BCUT2D eigenvalue weighted by atomic mass is 10.2. The summed E-state index contributed by atoms with van der Waals surface area (Å²) in [5.74, 6) is 1.16. The van der Waals surface area contributed by atoms with Crippen molar-refractivity contribution in [2.45, 2.75) is 47.0 Å². The Morgan fingerprint density at radius 3 is 1.95 bits per heavy atom. The van der Waals surface area contributed by atoms with Crippen LogP contribution in [-0.4, -0.2) is 54.7 Å². The molecule has 1 aliphatic rings. The Morgan fingerprint density at radius 2 is 1.53 bits per heavy atom.